The molecular formula is C15H16F3N3O3S. The number of pyridine rings is 1. The van der Waals surface area contributed by atoms with E-state index in [9.17, 15) is 21.6 Å². The minimum atomic E-state index is -4.62. The van der Waals surface area contributed by atoms with Crippen molar-refractivity contribution in [2.75, 3.05) is 12.9 Å². The van der Waals surface area contributed by atoms with Gasteiger partial charge in [-0.2, -0.15) is 23.0 Å². The summed E-state index contributed by atoms with van der Waals surface area (Å²) < 4.78 is 68.3. The van der Waals surface area contributed by atoms with Crippen LogP contribution in [0.5, 0.6) is 5.88 Å². The maximum Gasteiger partial charge on any atom is 0.435 e. The number of hydrogen-bond acceptors (Lipinski definition) is 5. The Morgan fingerprint density at radius 1 is 1.32 bits per heavy atom. The third-order valence-corrected chi connectivity index (χ3v) is 5.12. The van der Waals surface area contributed by atoms with Gasteiger partial charge in [-0.3, -0.25) is 0 Å². The van der Waals surface area contributed by atoms with E-state index in [2.05, 4.69) is 10.1 Å². The first-order valence-electron chi connectivity index (χ1n) is 7.61. The summed E-state index contributed by atoms with van der Waals surface area (Å²) in [4.78, 5) is 3.88. The summed E-state index contributed by atoms with van der Waals surface area (Å²) in [5, 5.41) is 3.52. The summed E-state index contributed by atoms with van der Waals surface area (Å²) in [6.45, 7) is 0.310. The highest BCUT2D eigenvalue weighted by molar-refractivity contribution is 7.90. The van der Waals surface area contributed by atoms with Crippen LogP contribution in [0.2, 0.25) is 0 Å². The molecule has 25 heavy (non-hydrogen) atoms. The number of rotatable bonds is 5. The summed E-state index contributed by atoms with van der Waals surface area (Å²) in [5.41, 5.74) is -1.09. The van der Waals surface area contributed by atoms with Gasteiger partial charge >= 0.3 is 6.18 Å². The first-order chi connectivity index (χ1) is 11.6. The Hall–Kier alpha value is -2.10. The van der Waals surface area contributed by atoms with E-state index in [1.165, 1.54) is 12.1 Å². The molecule has 0 atom stereocenters. The lowest BCUT2D eigenvalue weighted by Crippen LogP contribution is -2.20. The monoisotopic (exact) mass is 375 g/mol. The Kier molecular flexibility index (Phi) is 4.48. The van der Waals surface area contributed by atoms with E-state index in [1.54, 1.807) is 0 Å². The van der Waals surface area contributed by atoms with Crippen molar-refractivity contribution in [3.63, 3.8) is 0 Å². The van der Waals surface area contributed by atoms with Crippen molar-refractivity contribution in [1.29, 1.82) is 0 Å². The molecule has 3 rings (SSSR count). The topological polar surface area (TPSA) is 74.1 Å². The average molecular weight is 375 g/mol. The third kappa shape index (κ3) is 3.94. The van der Waals surface area contributed by atoms with E-state index in [1.807, 2.05) is 0 Å². The molecule has 1 saturated carbocycles. The molecule has 0 unspecified atom stereocenters. The van der Waals surface area contributed by atoms with Crippen LogP contribution >= 0.6 is 0 Å². The second kappa shape index (κ2) is 6.32. The van der Waals surface area contributed by atoms with Crippen molar-refractivity contribution < 1.29 is 26.3 Å². The highest BCUT2D eigenvalue weighted by Crippen LogP contribution is 2.33. The van der Waals surface area contributed by atoms with E-state index in [-0.39, 0.29) is 16.6 Å². The van der Waals surface area contributed by atoms with Crippen molar-refractivity contribution in [3.05, 3.63) is 30.1 Å². The molecule has 2 aromatic rings. The van der Waals surface area contributed by atoms with Crippen molar-refractivity contribution in [2.24, 2.45) is 5.92 Å². The van der Waals surface area contributed by atoms with Crippen molar-refractivity contribution in [2.45, 2.75) is 30.3 Å². The van der Waals surface area contributed by atoms with Crippen LogP contribution in [0.1, 0.15) is 25.0 Å². The summed E-state index contributed by atoms with van der Waals surface area (Å²) in [7, 11) is -3.45. The number of aromatic nitrogens is 3. The van der Waals surface area contributed by atoms with Crippen molar-refractivity contribution in [1.82, 2.24) is 14.8 Å². The number of nitrogens with zero attached hydrogens (tertiary/aromatic N) is 3. The predicted octanol–water partition coefficient (Wildman–Crippen LogP) is 2.87. The zero-order chi connectivity index (χ0) is 18.2. The Morgan fingerprint density at radius 2 is 2.04 bits per heavy atom. The first kappa shape index (κ1) is 17.7. The molecular weight excluding hydrogens is 359 g/mol. The van der Waals surface area contributed by atoms with Gasteiger partial charge in [0.05, 0.1) is 11.5 Å². The summed E-state index contributed by atoms with van der Waals surface area (Å²) in [6.07, 6.45) is 0.549. The maximum atomic E-state index is 13.0. The molecule has 0 N–H and O–H groups in total. The van der Waals surface area contributed by atoms with E-state index in [0.717, 1.165) is 42.5 Å². The van der Waals surface area contributed by atoms with Crippen LogP contribution in [-0.4, -0.2) is 36.0 Å². The van der Waals surface area contributed by atoms with Gasteiger partial charge in [0.2, 0.25) is 5.88 Å². The fourth-order valence-electron chi connectivity index (χ4n) is 2.35. The number of halogens is 3. The molecule has 0 aromatic carbocycles. The molecule has 0 saturated heterocycles. The second-order valence-corrected chi connectivity index (χ2v) is 8.03. The molecule has 0 radical (unpaired) electrons. The van der Waals surface area contributed by atoms with Crippen LogP contribution in [0.15, 0.2) is 29.3 Å². The minimum Gasteiger partial charge on any atom is -0.477 e. The van der Waals surface area contributed by atoms with Gasteiger partial charge in [-0.05, 0) is 30.9 Å². The van der Waals surface area contributed by atoms with Crippen LogP contribution in [0.3, 0.4) is 0 Å². The van der Waals surface area contributed by atoms with Gasteiger partial charge in [0.15, 0.2) is 21.3 Å². The number of alkyl halides is 3. The first-order valence-corrected chi connectivity index (χ1v) is 9.50. The fourth-order valence-corrected chi connectivity index (χ4v) is 2.91. The van der Waals surface area contributed by atoms with Gasteiger partial charge < -0.3 is 4.74 Å². The lowest BCUT2D eigenvalue weighted by molar-refractivity contribution is -0.141. The summed E-state index contributed by atoms with van der Waals surface area (Å²) in [5.74, 6) is 0.309. The van der Waals surface area contributed by atoms with E-state index >= 15 is 0 Å². The van der Waals surface area contributed by atoms with E-state index in [4.69, 9.17) is 4.74 Å². The minimum absolute atomic E-state index is 0.0311. The largest absolute Gasteiger partial charge is 0.477 e. The highest BCUT2D eigenvalue weighted by atomic mass is 32.2. The van der Waals surface area contributed by atoms with Crippen LogP contribution in [0, 0.1) is 5.92 Å². The Balaban J connectivity index is 1.93. The molecule has 0 amide bonds. The zero-order valence-electron chi connectivity index (χ0n) is 13.3. The molecule has 136 valence electrons. The summed E-state index contributed by atoms with van der Waals surface area (Å²) >= 11 is 0. The van der Waals surface area contributed by atoms with Gasteiger partial charge in [0, 0.05) is 18.5 Å². The molecule has 10 heteroatoms. The molecule has 2 heterocycles. The van der Waals surface area contributed by atoms with Crippen LogP contribution in [0.25, 0.3) is 5.82 Å². The quantitative estimate of drug-likeness (QED) is 0.803. The lowest BCUT2D eigenvalue weighted by atomic mass is 9.86. The van der Waals surface area contributed by atoms with Gasteiger partial charge in [-0.1, -0.05) is 6.42 Å². The standard InChI is InChI=1S/C15H16F3N3O3S/c1-25(22,23)11-5-6-13(19-8-11)21-14(24-9-10-3-2-4-10)7-12(20-21)15(16,17)18/h5-8,10H,2-4,9H2,1H3. The van der Waals surface area contributed by atoms with E-state index in [0.29, 0.717) is 12.5 Å². The Bertz CT molecular complexity index is 856. The maximum absolute atomic E-state index is 13.0. The smallest absolute Gasteiger partial charge is 0.435 e. The molecule has 6 nitrogen and oxygen atoms in total. The molecule has 1 aliphatic rings. The molecule has 2 aromatic heterocycles. The lowest BCUT2D eigenvalue weighted by Gasteiger charge is -2.25. The Labute approximate surface area is 142 Å². The average Bonchev–Trinajstić information content (AvgIpc) is 2.89. The van der Waals surface area contributed by atoms with Gasteiger partial charge in [-0.15, -0.1) is 0 Å². The Morgan fingerprint density at radius 3 is 2.52 bits per heavy atom. The van der Waals surface area contributed by atoms with Crippen LogP contribution in [-0.2, 0) is 16.0 Å². The predicted molar refractivity (Wildman–Crippen MR) is 82.3 cm³/mol. The number of hydrogen-bond donors (Lipinski definition) is 0. The van der Waals surface area contributed by atoms with Gasteiger partial charge in [0.1, 0.15) is 0 Å². The van der Waals surface area contributed by atoms with Gasteiger partial charge in [-0.25, -0.2) is 13.4 Å². The summed E-state index contributed by atoms with van der Waals surface area (Å²) in [6, 6.07) is 3.38. The van der Waals surface area contributed by atoms with Crippen molar-refractivity contribution in [3.8, 4) is 11.7 Å². The van der Waals surface area contributed by atoms with Crippen LogP contribution in [0.4, 0.5) is 13.2 Å². The zero-order valence-corrected chi connectivity index (χ0v) is 14.1. The second-order valence-electron chi connectivity index (χ2n) is 6.01. The highest BCUT2D eigenvalue weighted by Gasteiger charge is 2.36. The SMILES string of the molecule is CS(=O)(=O)c1ccc(-n2nc(C(F)(F)F)cc2OCC2CCC2)nc1. The molecule has 0 spiro atoms. The fraction of sp³-hybridized carbons (Fsp3) is 0.467. The number of ether oxygens (including phenoxy) is 1. The molecule has 1 aliphatic carbocycles. The van der Waals surface area contributed by atoms with Gasteiger partial charge in [0.25, 0.3) is 0 Å². The van der Waals surface area contributed by atoms with E-state index < -0.39 is 21.7 Å². The molecule has 1 fully saturated rings. The third-order valence-electron chi connectivity index (χ3n) is 4.02. The van der Waals surface area contributed by atoms with Crippen LogP contribution < -0.4 is 4.74 Å². The molecule has 0 bridgehead atoms. The number of sulfone groups is 1. The normalized spacial score (nSPS) is 15.8. The molecule has 0 aliphatic heterocycles. The van der Waals surface area contributed by atoms with Crippen molar-refractivity contribution >= 4 is 9.84 Å².